The Kier molecular flexibility index (Phi) is 4.26. The number of hydrogen-bond donors (Lipinski definition) is 2. The number of aliphatic hydroxyl groups is 2. The van der Waals surface area contributed by atoms with Gasteiger partial charge in [-0.2, -0.15) is 0 Å². The van der Waals surface area contributed by atoms with Gasteiger partial charge in [0.1, 0.15) is 0 Å². The van der Waals surface area contributed by atoms with Gasteiger partial charge in [0.25, 0.3) is 0 Å². The van der Waals surface area contributed by atoms with Crippen molar-refractivity contribution >= 4 is 0 Å². The van der Waals surface area contributed by atoms with Gasteiger partial charge in [-0.3, -0.25) is 0 Å². The van der Waals surface area contributed by atoms with Gasteiger partial charge in [-0.1, -0.05) is 60.7 Å². The maximum Gasteiger partial charge on any atom is 0.0946 e. The summed E-state index contributed by atoms with van der Waals surface area (Å²) in [5.74, 6) is 0. The lowest BCUT2D eigenvalue weighted by Gasteiger charge is -2.39. The first-order chi connectivity index (χ1) is 9.41. The molecule has 0 unspecified atom stereocenters. The third kappa shape index (κ3) is 3.47. The summed E-state index contributed by atoms with van der Waals surface area (Å²) in [7, 11) is 0. The van der Waals surface area contributed by atoms with Crippen LogP contribution in [0.15, 0.2) is 60.7 Å². The molecule has 2 nitrogen and oxygen atoms in total. The Labute approximate surface area is 120 Å². The van der Waals surface area contributed by atoms with E-state index in [1.165, 1.54) is 0 Å². The smallest absolute Gasteiger partial charge is 0.0946 e. The lowest BCUT2D eigenvalue weighted by molar-refractivity contribution is -0.129. The van der Waals surface area contributed by atoms with Gasteiger partial charge in [0.15, 0.2) is 0 Å². The van der Waals surface area contributed by atoms with E-state index in [1.54, 1.807) is 13.8 Å². The zero-order valence-corrected chi connectivity index (χ0v) is 12.1. The van der Waals surface area contributed by atoms with E-state index >= 15 is 0 Å². The quantitative estimate of drug-likeness (QED) is 0.877. The fourth-order valence-electron chi connectivity index (χ4n) is 2.37. The molecule has 0 saturated carbocycles. The average Bonchev–Trinajstić information content (AvgIpc) is 2.40. The van der Waals surface area contributed by atoms with E-state index in [9.17, 15) is 10.2 Å². The molecule has 0 aliphatic heterocycles. The van der Waals surface area contributed by atoms with Crippen LogP contribution in [0.2, 0.25) is 0 Å². The van der Waals surface area contributed by atoms with E-state index in [-0.39, 0.29) is 0 Å². The molecule has 0 heterocycles. The molecule has 0 aromatic heterocycles. The molecule has 2 heteroatoms. The Balaban J connectivity index is 2.14. The van der Waals surface area contributed by atoms with Crippen LogP contribution in [0.3, 0.4) is 0 Å². The van der Waals surface area contributed by atoms with E-state index in [0.29, 0.717) is 12.8 Å². The SMILES string of the molecule is C[C@](O)(Cc1ccccc1)[C@@](C)(O)Cc1ccccc1. The summed E-state index contributed by atoms with van der Waals surface area (Å²) in [6, 6.07) is 19.5. The highest BCUT2D eigenvalue weighted by atomic mass is 16.4. The summed E-state index contributed by atoms with van der Waals surface area (Å²) < 4.78 is 0. The van der Waals surface area contributed by atoms with Gasteiger partial charge < -0.3 is 10.2 Å². The zero-order chi connectivity index (χ0) is 14.6. The minimum Gasteiger partial charge on any atom is -0.387 e. The van der Waals surface area contributed by atoms with Gasteiger partial charge >= 0.3 is 0 Å². The van der Waals surface area contributed by atoms with Crippen LogP contribution in [-0.4, -0.2) is 21.4 Å². The van der Waals surface area contributed by atoms with E-state index in [0.717, 1.165) is 11.1 Å². The van der Waals surface area contributed by atoms with E-state index in [2.05, 4.69) is 0 Å². The Bertz CT molecular complexity index is 478. The van der Waals surface area contributed by atoms with E-state index < -0.39 is 11.2 Å². The first-order valence-corrected chi connectivity index (χ1v) is 6.93. The molecule has 0 aliphatic rings. The van der Waals surface area contributed by atoms with Gasteiger partial charge in [0.05, 0.1) is 11.2 Å². The van der Waals surface area contributed by atoms with Gasteiger partial charge in [-0.15, -0.1) is 0 Å². The molecule has 2 aromatic carbocycles. The van der Waals surface area contributed by atoms with Crippen molar-refractivity contribution in [3.8, 4) is 0 Å². The van der Waals surface area contributed by atoms with Crippen LogP contribution < -0.4 is 0 Å². The van der Waals surface area contributed by atoms with Crippen LogP contribution in [0, 0.1) is 0 Å². The number of benzene rings is 2. The largest absolute Gasteiger partial charge is 0.387 e. The highest BCUT2D eigenvalue weighted by molar-refractivity contribution is 5.22. The molecular weight excluding hydrogens is 248 g/mol. The maximum atomic E-state index is 10.7. The van der Waals surface area contributed by atoms with Crippen molar-refractivity contribution in [1.82, 2.24) is 0 Å². The van der Waals surface area contributed by atoms with Gasteiger partial charge in [0, 0.05) is 12.8 Å². The molecule has 2 atom stereocenters. The summed E-state index contributed by atoms with van der Waals surface area (Å²) in [6.45, 7) is 3.39. The number of rotatable bonds is 5. The molecule has 0 spiro atoms. The summed E-state index contributed by atoms with van der Waals surface area (Å²) in [5, 5.41) is 21.4. The minimum absolute atomic E-state index is 0.424. The fraction of sp³-hybridized carbons (Fsp3) is 0.333. The summed E-state index contributed by atoms with van der Waals surface area (Å²) >= 11 is 0. The maximum absolute atomic E-state index is 10.7. The molecule has 0 amide bonds. The van der Waals surface area contributed by atoms with Crippen molar-refractivity contribution in [3.05, 3.63) is 71.8 Å². The minimum atomic E-state index is -1.19. The summed E-state index contributed by atoms with van der Waals surface area (Å²) in [5.41, 5.74) is -0.342. The van der Waals surface area contributed by atoms with Crippen LogP contribution in [0.25, 0.3) is 0 Å². The highest BCUT2D eigenvalue weighted by Gasteiger charge is 2.41. The standard InChI is InChI=1S/C18H22O2/c1-17(19,13-15-9-5-3-6-10-15)18(2,20)14-16-11-7-4-8-12-16/h3-12,19-20H,13-14H2,1-2H3/t17-,18-/m0/s1. The first kappa shape index (κ1) is 14.8. The van der Waals surface area contributed by atoms with Crippen molar-refractivity contribution < 1.29 is 10.2 Å². The molecular formula is C18H22O2. The van der Waals surface area contributed by atoms with Crippen LogP contribution in [-0.2, 0) is 12.8 Å². The third-order valence-electron chi connectivity index (χ3n) is 3.94. The van der Waals surface area contributed by atoms with Crippen molar-refractivity contribution in [2.45, 2.75) is 37.9 Å². The topological polar surface area (TPSA) is 40.5 Å². The van der Waals surface area contributed by atoms with Crippen molar-refractivity contribution in [3.63, 3.8) is 0 Å². The van der Waals surface area contributed by atoms with Crippen LogP contribution >= 0.6 is 0 Å². The predicted octanol–water partition coefficient (Wildman–Crippen LogP) is 2.97. The average molecular weight is 270 g/mol. The molecule has 2 N–H and O–H groups in total. The molecule has 2 aromatic rings. The molecule has 0 bridgehead atoms. The lowest BCUT2D eigenvalue weighted by atomic mass is 9.77. The Morgan fingerprint density at radius 3 is 1.25 bits per heavy atom. The Morgan fingerprint density at radius 1 is 0.650 bits per heavy atom. The Morgan fingerprint density at radius 2 is 0.950 bits per heavy atom. The molecule has 0 fully saturated rings. The number of hydrogen-bond acceptors (Lipinski definition) is 2. The summed E-state index contributed by atoms with van der Waals surface area (Å²) in [6.07, 6.45) is 0.849. The zero-order valence-electron chi connectivity index (χ0n) is 12.1. The molecule has 0 saturated heterocycles. The van der Waals surface area contributed by atoms with Gasteiger partial charge in [0.2, 0.25) is 0 Å². The van der Waals surface area contributed by atoms with E-state index in [4.69, 9.17) is 0 Å². The Hall–Kier alpha value is -1.64. The molecule has 0 radical (unpaired) electrons. The van der Waals surface area contributed by atoms with Gasteiger partial charge in [-0.05, 0) is 25.0 Å². The highest BCUT2D eigenvalue weighted by Crippen LogP contribution is 2.29. The monoisotopic (exact) mass is 270 g/mol. The second kappa shape index (κ2) is 5.78. The van der Waals surface area contributed by atoms with Crippen LogP contribution in [0.5, 0.6) is 0 Å². The van der Waals surface area contributed by atoms with Crippen molar-refractivity contribution in [1.29, 1.82) is 0 Å². The molecule has 2 rings (SSSR count). The fourth-order valence-corrected chi connectivity index (χ4v) is 2.37. The second-order valence-electron chi connectivity index (χ2n) is 5.87. The molecule has 0 aliphatic carbocycles. The normalized spacial score (nSPS) is 17.2. The summed E-state index contributed by atoms with van der Waals surface area (Å²) in [4.78, 5) is 0. The third-order valence-corrected chi connectivity index (χ3v) is 3.94. The predicted molar refractivity (Wildman–Crippen MR) is 81.5 cm³/mol. The second-order valence-corrected chi connectivity index (χ2v) is 5.87. The van der Waals surface area contributed by atoms with Crippen molar-refractivity contribution in [2.24, 2.45) is 0 Å². The molecule has 20 heavy (non-hydrogen) atoms. The van der Waals surface area contributed by atoms with Crippen molar-refractivity contribution in [2.75, 3.05) is 0 Å². The van der Waals surface area contributed by atoms with Crippen LogP contribution in [0.1, 0.15) is 25.0 Å². The van der Waals surface area contributed by atoms with Gasteiger partial charge in [-0.25, -0.2) is 0 Å². The van der Waals surface area contributed by atoms with E-state index in [1.807, 2.05) is 60.7 Å². The lowest BCUT2D eigenvalue weighted by Crippen LogP contribution is -2.53. The molecule has 106 valence electrons. The first-order valence-electron chi connectivity index (χ1n) is 6.93. The van der Waals surface area contributed by atoms with Crippen LogP contribution in [0.4, 0.5) is 0 Å².